The number of carbonyl (C=O) groups is 6. The van der Waals surface area contributed by atoms with Crippen molar-refractivity contribution >= 4 is 237 Å². The molecule has 0 aromatic heterocycles. The summed E-state index contributed by atoms with van der Waals surface area (Å²) in [5, 5.41) is 25.1. The van der Waals surface area contributed by atoms with Gasteiger partial charge in [-0.1, -0.05) is 132 Å². The van der Waals surface area contributed by atoms with E-state index in [1.165, 1.54) is 52.8 Å². The van der Waals surface area contributed by atoms with E-state index in [4.69, 9.17) is 29.5 Å². The minimum atomic E-state index is -0.659. The zero-order valence-electron chi connectivity index (χ0n) is 40.2. The van der Waals surface area contributed by atoms with Crippen LogP contribution in [0.3, 0.4) is 0 Å². The lowest BCUT2D eigenvalue weighted by Gasteiger charge is -2.06. The topological polar surface area (TPSA) is 191 Å². The third-order valence-corrected chi connectivity index (χ3v) is 28.8. The van der Waals surface area contributed by atoms with Gasteiger partial charge in [-0.05, 0) is 49.8 Å². The highest BCUT2D eigenvalue weighted by atomic mass is 32.3. The van der Waals surface area contributed by atoms with E-state index in [0.29, 0.717) is 73.2 Å². The van der Waals surface area contributed by atoms with Gasteiger partial charge in [0.2, 0.25) is 0 Å². The number of rotatable bonds is 28. The van der Waals surface area contributed by atoms with Crippen LogP contribution < -0.4 is 0 Å². The van der Waals surface area contributed by atoms with Crippen molar-refractivity contribution in [1.29, 1.82) is 0 Å². The van der Waals surface area contributed by atoms with Crippen LogP contribution in [0.5, 0.6) is 0 Å². The summed E-state index contributed by atoms with van der Waals surface area (Å²) >= 11 is 24.0. The highest BCUT2D eigenvalue weighted by Crippen LogP contribution is 2.67. The SMILES string of the molecule is C=S(C=O)CO.C=S(C=O)CO.C=S(C=O)CO.CCOC(=O)CCSC1=C(SCSC2=C(CC)SC(=C3SC(SCCC(=O)OCC)=C(SCCC(=O)OCC)S3)S2)SC(=C2SC(CC)=C(CC)S2)S1. The molecule has 0 saturated carbocycles. The second-order valence-electron chi connectivity index (χ2n) is 12.6. The zero-order valence-corrected chi connectivity index (χ0v) is 53.3. The number of ether oxygens (including phenoxy) is 3. The summed E-state index contributed by atoms with van der Waals surface area (Å²) in [6, 6.07) is 0. The molecule has 0 aliphatic carbocycles. The van der Waals surface area contributed by atoms with Crippen LogP contribution >= 0.6 is 184 Å². The zero-order chi connectivity index (χ0) is 53.1. The third kappa shape index (κ3) is 28.9. The first-order chi connectivity index (χ1) is 34.1. The number of carbonyl (C=O) groups excluding carboxylic acids is 6. The lowest BCUT2D eigenvalue weighted by atomic mass is 10.3. The van der Waals surface area contributed by atoms with Gasteiger partial charge in [0.05, 0.1) is 95.0 Å². The van der Waals surface area contributed by atoms with Gasteiger partial charge in [-0.15, -0.1) is 90.3 Å². The molecular formula is C43H62O12S16. The number of esters is 3. The largest absolute Gasteiger partial charge is 0.466 e. The molecule has 4 rings (SSSR count). The van der Waals surface area contributed by atoms with E-state index in [9.17, 15) is 28.8 Å². The second kappa shape index (κ2) is 42.9. The fourth-order valence-corrected chi connectivity index (χ4v) is 24.5. The summed E-state index contributed by atoms with van der Waals surface area (Å²) in [6.07, 6.45) is 4.27. The highest BCUT2D eigenvalue weighted by Gasteiger charge is 2.32. The molecule has 0 aromatic carbocycles. The van der Waals surface area contributed by atoms with Crippen LogP contribution in [-0.4, -0.2) is 128 Å². The van der Waals surface area contributed by atoms with Crippen molar-refractivity contribution in [3.05, 3.63) is 52.8 Å². The van der Waals surface area contributed by atoms with Crippen molar-refractivity contribution in [1.82, 2.24) is 0 Å². The van der Waals surface area contributed by atoms with E-state index in [1.807, 2.05) is 115 Å². The minimum absolute atomic E-state index is 0.122. The van der Waals surface area contributed by atoms with Crippen LogP contribution in [0, 0.1) is 0 Å². The molecule has 4 aliphatic rings. The maximum absolute atomic E-state index is 12.1. The Morgan fingerprint density at radius 1 is 0.451 bits per heavy atom. The molecule has 402 valence electrons. The van der Waals surface area contributed by atoms with E-state index >= 15 is 0 Å². The molecule has 0 saturated heterocycles. The van der Waals surface area contributed by atoms with Gasteiger partial charge in [0.15, 0.2) is 16.9 Å². The van der Waals surface area contributed by atoms with Crippen molar-refractivity contribution in [2.45, 2.75) is 80.1 Å². The first kappa shape index (κ1) is 70.0. The van der Waals surface area contributed by atoms with Crippen LogP contribution in [0.1, 0.15) is 80.1 Å². The van der Waals surface area contributed by atoms with E-state index in [-0.39, 0.29) is 35.7 Å². The molecule has 3 N–H and O–H groups in total. The van der Waals surface area contributed by atoms with Crippen molar-refractivity contribution in [3.63, 3.8) is 0 Å². The van der Waals surface area contributed by atoms with E-state index < -0.39 is 31.5 Å². The Kier molecular flexibility index (Phi) is 42.3. The second-order valence-corrected chi connectivity index (χ2v) is 33.6. The Balaban J connectivity index is 0.00000119. The molecule has 71 heavy (non-hydrogen) atoms. The van der Waals surface area contributed by atoms with Gasteiger partial charge in [0.1, 0.15) is 0 Å². The van der Waals surface area contributed by atoms with Gasteiger partial charge >= 0.3 is 17.9 Å². The van der Waals surface area contributed by atoms with Crippen molar-refractivity contribution in [2.24, 2.45) is 0 Å². The maximum Gasteiger partial charge on any atom is 0.306 e. The summed E-state index contributed by atoms with van der Waals surface area (Å²) in [6.45, 7) is 13.4. The van der Waals surface area contributed by atoms with E-state index in [0.717, 1.165) is 24.3 Å². The van der Waals surface area contributed by atoms with Crippen molar-refractivity contribution in [3.8, 4) is 0 Å². The lowest BCUT2D eigenvalue weighted by Crippen LogP contribution is -2.04. The molecule has 3 atom stereocenters. The molecule has 3 unspecified atom stereocenters. The quantitative estimate of drug-likeness (QED) is 0.0220. The number of aliphatic hydroxyl groups excluding tert-OH is 3. The molecule has 28 heteroatoms. The van der Waals surface area contributed by atoms with E-state index in [2.05, 4.69) is 38.4 Å². The first-order valence-corrected chi connectivity index (χ1v) is 37.6. The summed E-state index contributed by atoms with van der Waals surface area (Å²) in [7, 11) is -1.98. The third-order valence-electron chi connectivity index (χ3n) is 7.56. The van der Waals surface area contributed by atoms with Gasteiger partial charge < -0.3 is 29.5 Å². The maximum atomic E-state index is 12.1. The number of hydrogen-bond donors (Lipinski definition) is 3. The molecule has 4 aliphatic heterocycles. The average molecular weight is 1280 g/mol. The van der Waals surface area contributed by atoms with Crippen LogP contribution in [-0.2, 0) is 43.0 Å². The van der Waals surface area contributed by atoms with Gasteiger partial charge in [0, 0.05) is 27.2 Å². The van der Waals surface area contributed by atoms with Crippen molar-refractivity contribution < 1.29 is 58.3 Å². The Morgan fingerprint density at radius 3 is 1.00 bits per heavy atom. The van der Waals surface area contributed by atoms with Crippen molar-refractivity contribution in [2.75, 3.05) is 60.0 Å². The molecule has 0 aromatic rings. The number of allylic oxidation sites excluding steroid dienone is 3. The standard InChI is InChI=1S/C34H44O6S13.3C3H6O2S/c1-7-20-21(8-2)47-31(46-20)33-52-29(43-18-15-25(37)40-12-6)30(53-33)45-19-44-26-22(9-3)48-32(49-26)34-50-27(41-16-13-23(35)38-10-4)28(51-34)42-17-14-24(36)39-11-5;3*1-6(2-4)3-5/h7-19H2,1-6H3;3*2,5H,1,3H2. The smallest absolute Gasteiger partial charge is 0.306 e. The lowest BCUT2D eigenvalue weighted by molar-refractivity contribution is -0.143. The predicted octanol–water partition coefficient (Wildman–Crippen LogP) is 14.0. The summed E-state index contributed by atoms with van der Waals surface area (Å²) in [4.78, 5) is 69.1. The molecule has 0 fully saturated rings. The summed E-state index contributed by atoms with van der Waals surface area (Å²) in [5.41, 5.74) is 1.92. The van der Waals surface area contributed by atoms with Crippen LogP contribution in [0.25, 0.3) is 0 Å². The first-order valence-electron chi connectivity index (χ1n) is 21.3. The van der Waals surface area contributed by atoms with Gasteiger partial charge in [-0.25, -0.2) is 0 Å². The fraction of sp³-hybridized carbons (Fsp3) is 0.512. The molecule has 0 bridgehead atoms. The molecule has 0 spiro atoms. The van der Waals surface area contributed by atoms with Crippen LogP contribution in [0.15, 0.2) is 52.8 Å². The fourth-order valence-electron chi connectivity index (χ4n) is 4.38. The Bertz CT molecular complexity index is 1960. The van der Waals surface area contributed by atoms with Crippen LogP contribution in [0.4, 0.5) is 0 Å². The summed E-state index contributed by atoms with van der Waals surface area (Å²) < 4.78 is 27.2. The molecule has 0 amide bonds. The molecular weight excluding hydrogens is 1220 g/mol. The number of aliphatic hydroxyl groups is 3. The Labute approximate surface area is 482 Å². The molecule has 4 heterocycles. The highest BCUT2D eigenvalue weighted by molar-refractivity contribution is 8.45. The van der Waals surface area contributed by atoms with Gasteiger partial charge in [0.25, 0.3) is 0 Å². The Morgan fingerprint density at radius 2 is 0.718 bits per heavy atom. The average Bonchev–Trinajstić information content (AvgIpc) is 4.19. The van der Waals surface area contributed by atoms with E-state index in [1.54, 1.807) is 58.8 Å². The predicted molar refractivity (Wildman–Crippen MR) is 341 cm³/mol. The molecule has 12 nitrogen and oxygen atoms in total. The Hall–Kier alpha value is 0.950. The summed E-state index contributed by atoms with van der Waals surface area (Å²) in [5.74, 6) is 11.0. The minimum Gasteiger partial charge on any atom is -0.466 e. The number of thioether (sulfide) groups is 13. The normalized spacial score (nSPS) is 16.7. The van der Waals surface area contributed by atoms with Gasteiger partial charge in [-0.2, -0.15) is 0 Å². The van der Waals surface area contributed by atoms with Crippen LogP contribution in [0.2, 0.25) is 0 Å². The number of hydrogen-bond acceptors (Lipinski definition) is 25. The molecule has 0 radical (unpaired) electrons. The van der Waals surface area contributed by atoms with Gasteiger partial charge in [-0.3, -0.25) is 28.8 Å². The monoisotopic (exact) mass is 1280 g/mol.